The van der Waals surface area contributed by atoms with Gasteiger partial charge in [0.05, 0.1) is 0 Å². The van der Waals surface area contributed by atoms with E-state index in [1.807, 2.05) is 12.1 Å². The summed E-state index contributed by atoms with van der Waals surface area (Å²) in [7, 11) is -4.33. The Hall–Kier alpha value is -1.40. The van der Waals surface area contributed by atoms with Gasteiger partial charge in [-0.3, -0.25) is 9.35 Å². The van der Waals surface area contributed by atoms with Gasteiger partial charge >= 0.3 is 0 Å². The maximum atomic E-state index is 11.6. The second-order valence-corrected chi connectivity index (χ2v) is 5.29. The highest BCUT2D eigenvalue weighted by atomic mass is 32.2. The van der Waals surface area contributed by atoms with Crippen LogP contribution in [0.2, 0.25) is 0 Å². The maximum absolute atomic E-state index is 11.6. The molecule has 0 saturated carbocycles. The Balaban J connectivity index is 2.36. The first kappa shape index (κ1) is 11.1. The molecular formula is C10H11NO4S. The molecule has 16 heavy (non-hydrogen) atoms. The molecule has 1 unspecified atom stereocenters. The lowest BCUT2D eigenvalue weighted by atomic mass is 10.1. The normalized spacial score (nSPS) is 20.8. The van der Waals surface area contributed by atoms with Crippen molar-refractivity contribution in [3.63, 3.8) is 0 Å². The fourth-order valence-corrected chi connectivity index (χ4v) is 2.52. The largest absolute Gasteiger partial charge is 0.325 e. The number of fused-ring (bicyclic) bond motifs is 1. The summed E-state index contributed by atoms with van der Waals surface area (Å²) in [5.41, 5.74) is 1.49. The van der Waals surface area contributed by atoms with E-state index in [-0.39, 0.29) is 6.42 Å². The van der Waals surface area contributed by atoms with Gasteiger partial charge in [-0.2, -0.15) is 8.42 Å². The van der Waals surface area contributed by atoms with Crippen LogP contribution in [-0.4, -0.2) is 24.1 Å². The van der Waals surface area contributed by atoms with Gasteiger partial charge < -0.3 is 5.32 Å². The van der Waals surface area contributed by atoms with Crippen molar-refractivity contribution in [3.05, 3.63) is 29.8 Å². The number of anilines is 1. The van der Waals surface area contributed by atoms with Gasteiger partial charge in [0.25, 0.3) is 10.1 Å². The number of carbonyl (C=O) groups is 1. The van der Waals surface area contributed by atoms with Gasteiger partial charge in [0, 0.05) is 5.69 Å². The molecule has 1 atom stereocenters. The fraction of sp³-hybridized carbons (Fsp3) is 0.300. The van der Waals surface area contributed by atoms with Gasteiger partial charge in [-0.1, -0.05) is 18.2 Å². The standard InChI is InChI=1S/C10H11NO4S/c12-10-9(16(13,14)15)6-5-7-3-1-2-4-8(7)11-10/h1-4,9H,5-6H2,(H,11,12)(H,13,14,15). The van der Waals surface area contributed by atoms with Crippen LogP contribution in [0.4, 0.5) is 5.69 Å². The highest BCUT2D eigenvalue weighted by Gasteiger charge is 2.33. The van der Waals surface area contributed by atoms with E-state index in [0.717, 1.165) is 5.56 Å². The van der Waals surface area contributed by atoms with Crippen molar-refractivity contribution < 1.29 is 17.8 Å². The molecule has 0 spiro atoms. The number of nitrogens with one attached hydrogen (secondary N) is 1. The molecule has 0 fully saturated rings. The summed E-state index contributed by atoms with van der Waals surface area (Å²) in [5.74, 6) is -0.674. The van der Waals surface area contributed by atoms with Crippen molar-refractivity contribution in [2.45, 2.75) is 18.1 Å². The summed E-state index contributed by atoms with van der Waals surface area (Å²) in [6.45, 7) is 0. The Kier molecular flexibility index (Phi) is 2.69. The number of carbonyl (C=O) groups excluding carboxylic acids is 1. The topological polar surface area (TPSA) is 83.5 Å². The molecule has 0 aromatic heterocycles. The third kappa shape index (κ3) is 2.07. The number of para-hydroxylation sites is 1. The molecule has 1 aliphatic rings. The lowest BCUT2D eigenvalue weighted by Crippen LogP contribution is -2.33. The molecular weight excluding hydrogens is 230 g/mol. The fourth-order valence-electron chi connectivity index (χ4n) is 1.78. The average molecular weight is 241 g/mol. The highest BCUT2D eigenvalue weighted by Crippen LogP contribution is 2.23. The van der Waals surface area contributed by atoms with Gasteiger partial charge in [0.15, 0.2) is 5.25 Å². The zero-order valence-corrected chi connectivity index (χ0v) is 9.20. The first-order valence-corrected chi connectivity index (χ1v) is 6.34. The lowest BCUT2D eigenvalue weighted by Gasteiger charge is -2.08. The zero-order chi connectivity index (χ0) is 11.8. The van der Waals surface area contributed by atoms with Crippen LogP contribution in [0.25, 0.3) is 0 Å². The van der Waals surface area contributed by atoms with Crippen LogP contribution < -0.4 is 5.32 Å². The number of hydrogen-bond donors (Lipinski definition) is 2. The number of aryl methyl sites for hydroxylation is 1. The molecule has 1 aromatic carbocycles. The van der Waals surface area contributed by atoms with Crippen LogP contribution in [0.3, 0.4) is 0 Å². The monoisotopic (exact) mass is 241 g/mol. The molecule has 1 aromatic rings. The van der Waals surface area contributed by atoms with E-state index in [1.165, 1.54) is 0 Å². The SMILES string of the molecule is O=C1Nc2ccccc2CCC1S(=O)(=O)O. The van der Waals surface area contributed by atoms with Gasteiger partial charge in [0.2, 0.25) is 5.91 Å². The summed E-state index contributed by atoms with van der Waals surface area (Å²) >= 11 is 0. The van der Waals surface area contributed by atoms with E-state index >= 15 is 0 Å². The minimum Gasteiger partial charge on any atom is -0.325 e. The molecule has 0 saturated heterocycles. The first-order chi connectivity index (χ1) is 7.48. The number of amides is 1. The van der Waals surface area contributed by atoms with E-state index in [0.29, 0.717) is 12.1 Å². The molecule has 1 heterocycles. The zero-order valence-electron chi connectivity index (χ0n) is 8.38. The molecule has 0 radical (unpaired) electrons. The Morgan fingerprint density at radius 2 is 2.00 bits per heavy atom. The Bertz CT molecular complexity index is 523. The second-order valence-electron chi connectivity index (χ2n) is 3.69. The predicted molar refractivity (Wildman–Crippen MR) is 58.7 cm³/mol. The molecule has 0 aliphatic carbocycles. The first-order valence-electron chi connectivity index (χ1n) is 4.83. The third-order valence-electron chi connectivity index (χ3n) is 2.60. The van der Waals surface area contributed by atoms with E-state index < -0.39 is 21.3 Å². The van der Waals surface area contributed by atoms with E-state index in [9.17, 15) is 13.2 Å². The molecule has 2 rings (SSSR count). The molecule has 86 valence electrons. The molecule has 1 amide bonds. The summed E-state index contributed by atoms with van der Waals surface area (Å²) < 4.78 is 30.9. The van der Waals surface area contributed by atoms with Crippen LogP contribution in [0.1, 0.15) is 12.0 Å². The molecule has 5 nitrogen and oxygen atoms in total. The molecule has 6 heteroatoms. The number of benzene rings is 1. The third-order valence-corrected chi connectivity index (χ3v) is 3.77. The number of hydrogen-bond acceptors (Lipinski definition) is 3. The summed E-state index contributed by atoms with van der Waals surface area (Å²) in [6, 6.07) is 7.10. The second kappa shape index (κ2) is 3.88. The minimum atomic E-state index is -4.33. The molecule has 2 N–H and O–H groups in total. The van der Waals surface area contributed by atoms with Gasteiger partial charge in [-0.05, 0) is 24.5 Å². The van der Waals surface area contributed by atoms with Crippen LogP contribution in [0.15, 0.2) is 24.3 Å². The maximum Gasteiger partial charge on any atom is 0.276 e. The summed E-state index contributed by atoms with van der Waals surface area (Å²) in [5, 5.41) is 1.13. The van der Waals surface area contributed by atoms with Crippen LogP contribution in [0, 0.1) is 0 Å². The van der Waals surface area contributed by atoms with Crippen molar-refractivity contribution in [1.82, 2.24) is 0 Å². The molecule has 1 aliphatic heterocycles. The predicted octanol–water partition coefficient (Wildman–Crippen LogP) is 0.828. The minimum absolute atomic E-state index is 0.0989. The van der Waals surface area contributed by atoms with Gasteiger partial charge in [-0.25, -0.2) is 0 Å². The average Bonchev–Trinajstić information content (AvgIpc) is 2.34. The summed E-state index contributed by atoms with van der Waals surface area (Å²) in [4.78, 5) is 11.6. The van der Waals surface area contributed by atoms with E-state index in [1.54, 1.807) is 12.1 Å². The highest BCUT2D eigenvalue weighted by molar-refractivity contribution is 7.87. The smallest absolute Gasteiger partial charge is 0.276 e. The van der Waals surface area contributed by atoms with Crippen molar-refractivity contribution >= 4 is 21.7 Å². The Morgan fingerprint density at radius 1 is 1.31 bits per heavy atom. The van der Waals surface area contributed by atoms with Gasteiger partial charge in [0.1, 0.15) is 0 Å². The Morgan fingerprint density at radius 3 is 2.69 bits per heavy atom. The van der Waals surface area contributed by atoms with Crippen LogP contribution in [0.5, 0.6) is 0 Å². The quantitative estimate of drug-likeness (QED) is 0.713. The lowest BCUT2D eigenvalue weighted by molar-refractivity contribution is -0.115. The van der Waals surface area contributed by atoms with E-state index in [4.69, 9.17) is 4.55 Å². The van der Waals surface area contributed by atoms with E-state index in [2.05, 4.69) is 5.32 Å². The van der Waals surface area contributed by atoms with Crippen molar-refractivity contribution in [2.24, 2.45) is 0 Å². The van der Waals surface area contributed by atoms with Crippen molar-refractivity contribution in [3.8, 4) is 0 Å². The van der Waals surface area contributed by atoms with Crippen LogP contribution >= 0.6 is 0 Å². The van der Waals surface area contributed by atoms with Crippen molar-refractivity contribution in [2.75, 3.05) is 5.32 Å². The van der Waals surface area contributed by atoms with Crippen molar-refractivity contribution in [1.29, 1.82) is 0 Å². The molecule has 0 bridgehead atoms. The Labute approximate surface area is 93.2 Å². The summed E-state index contributed by atoms with van der Waals surface area (Å²) in [6.07, 6.45) is 0.543. The number of rotatable bonds is 1. The van der Waals surface area contributed by atoms with Gasteiger partial charge in [-0.15, -0.1) is 0 Å². The van der Waals surface area contributed by atoms with Crippen LogP contribution in [-0.2, 0) is 21.3 Å².